The third kappa shape index (κ3) is 8.09. The maximum Gasteiger partial charge on any atom is 0.343 e. The molecule has 0 aliphatic rings. The fourth-order valence-electron chi connectivity index (χ4n) is 3.14. The molecule has 0 spiro atoms. The van der Waals surface area contributed by atoms with Gasteiger partial charge >= 0.3 is 5.97 Å². The zero-order valence-corrected chi connectivity index (χ0v) is 21.4. The van der Waals surface area contributed by atoms with Crippen LogP contribution in [0.3, 0.4) is 0 Å². The molecule has 0 saturated carbocycles. The molecule has 10 nitrogen and oxygen atoms in total. The van der Waals surface area contributed by atoms with Crippen LogP contribution in [0.5, 0.6) is 23.0 Å². The summed E-state index contributed by atoms with van der Waals surface area (Å²) in [7, 11) is 2.98. The lowest BCUT2D eigenvalue weighted by Crippen LogP contribution is -2.34. The normalized spacial score (nSPS) is 10.5. The lowest BCUT2D eigenvalue weighted by Gasteiger charge is -2.10. The molecule has 198 valence electrons. The van der Waals surface area contributed by atoms with Crippen LogP contribution in [0.15, 0.2) is 71.8 Å². The Balaban J connectivity index is 1.51. The summed E-state index contributed by atoms with van der Waals surface area (Å²) in [5.41, 5.74) is 3.68. The van der Waals surface area contributed by atoms with Crippen LogP contribution >= 0.6 is 0 Å². The topological polar surface area (TPSA) is 125 Å². The number of carbonyl (C=O) groups excluding carboxylic acids is 3. The monoisotopic (exact) mass is 519 g/mol. The second kappa shape index (κ2) is 14.0. The summed E-state index contributed by atoms with van der Waals surface area (Å²) in [4.78, 5) is 36.7. The molecule has 3 rings (SSSR count). The largest absolute Gasteiger partial charge is 0.497 e. The van der Waals surface area contributed by atoms with E-state index in [2.05, 4.69) is 15.8 Å². The van der Waals surface area contributed by atoms with Crippen LogP contribution in [-0.2, 0) is 4.79 Å². The van der Waals surface area contributed by atoms with E-state index in [9.17, 15) is 14.4 Å². The molecule has 0 saturated heterocycles. The van der Waals surface area contributed by atoms with Crippen LogP contribution in [0.2, 0.25) is 0 Å². The lowest BCUT2D eigenvalue weighted by molar-refractivity contribution is -0.120. The minimum Gasteiger partial charge on any atom is -0.497 e. The Bertz CT molecular complexity index is 1270. The van der Waals surface area contributed by atoms with E-state index in [4.69, 9.17) is 18.9 Å². The number of amides is 2. The number of esters is 1. The standard InChI is InChI=1S/C28H29N3O7/c1-4-15-37-23-12-8-21(9-13-23)28(34)38-24-14-5-19(16-25(24)36-3)17-30-31-26(32)18-29-27(33)20-6-10-22(35-2)11-7-20/h5-14,16-17H,4,15,18H2,1-3H3,(H,29,33)(H,31,32)/b30-17-. The van der Waals surface area contributed by atoms with Gasteiger partial charge in [0.25, 0.3) is 11.8 Å². The summed E-state index contributed by atoms with van der Waals surface area (Å²) in [6.45, 7) is 2.35. The number of ether oxygens (including phenoxy) is 4. The molecule has 0 aromatic heterocycles. The van der Waals surface area contributed by atoms with Gasteiger partial charge in [0, 0.05) is 5.56 Å². The van der Waals surface area contributed by atoms with Crippen molar-refractivity contribution in [2.75, 3.05) is 27.4 Å². The first-order chi connectivity index (χ1) is 18.4. The van der Waals surface area contributed by atoms with Crippen LogP contribution in [-0.4, -0.2) is 51.4 Å². The number of methoxy groups -OCH3 is 2. The molecule has 2 N–H and O–H groups in total. The van der Waals surface area contributed by atoms with Crippen molar-refractivity contribution in [2.45, 2.75) is 13.3 Å². The van der Waals surface area contributed by atoms with Gasteiger partial charge in [0.15, 0.2) is 11.5 Å². The minimum atomic E-state index is -0.546. The van der Waals surface area contributed by atoms with E-state index in [0.717, 1.165) is 6.42 Å². The van der Waals surface area contributed by atoms with E-state index >= 15 is 0 Å². The van der Waals surface area contributed by atoms with Crippen LogP contribution < -0.4 is 29.7 Å². The highest BCUT2D eigenvalue weighted by molar-refractivity contribution is 5.96. The summed E-state index contributed by atoms with van der Waals surface area (Å²) in [6, 6.07) is 18.0. The summed E-state index contributed by atoms with van der Waals surface area (Å²) in [5, 5.41) is 6.40. The van der Waals surface area contributed by atoms with Gasteiger partial charge in [-0.05, 0) is 78.7 Å². The smallest absolute Gasteiger partial charge is 0.343 e. The van der Waals surface area contributed by atoms with Gasteiger partial charge in [0.05, 0.1) is 39.1 Å². The average Bonchev–Trinajstić information content (AvgIpc) is 2.95. The highest BCUT2D eigenvalue weighted by Crippen LogP contribution is 2.28. The van der Waals surface area contributed by atoms with Gasteiger partial charge in [0.1, 0.15) is 11.5 Å². The van der Waals surface area contributed by atoms with Crippen molar-refractivity contribution in [3.8, 4) is 23.0 Å². The molecule has 0 fully saturated rings. The summed E-state index contributed by atoms with van der Waals surface area (Å²) >= 11 is 0. The minimum absolute atomic E-state index is 0.228. The third-order valence-electron chi connectivity index (χ3n) is 5.12. The van der Waals surface area contributed by atoms with Gasteiger partial charge in [-0.25, -0.2) is 10.2 Å². The van der Waals surface area contributed by atoms with Gasteiger partial charge in [-0.1, -0.05) is 6.92 Å². The molecular formula is C28H29N3O7. The Labute approximate surface area is 220 Å². The van der Waals surface area contributed by atoms with Gasteiger partial charge in [-0.3, -0.25) is 9.59 Å². The highest BCUT2D eigenvalue weighted by Gasteiger charge is 2.13. The second-order valence-corrected chi connectivity index (χ2v) is 7.88. The molecule has 2 amide bonds. The maximum atomic E-state index is 12.5. The molecule has 38 heavy (non-hydrogen) atoms. The van der Waals surface area contributed by atoms with E-state index < -0.39 is 17.8 Å². The van der Waals surface area contributed by atoms with Crippen molar-refractivity contribution in [2.24, 2.45) is 5.10 Å². The Morgan fingerprint density at radius 2 is 1.53 bits per heavy atom. The molecule has 3 aromatic rings. The first-order valence-electron chi connectivity index (χ1n) is 11.8. The summed E-state index contributed by atoms with van der Waals surface area (Å²) in [6.07, 6.45) is 2.28. The molecule has 0 aliphatic heterocycles. The molecule has 0 radical (unpaired) electrons. The predicted octanol–water partition coefficient (Wildman–Crippen LogP) is 3.59. The number of nitrogens with one attached hydrogen (secondary N) is 2. The number of hydrogen-bond acceptors (Lipinski definition) is 8. The van der Waals surface area contributed by atoms with Gasteiger partial charge in [-0.2, -0.15) is 5.10 Å². The van der Waals surface area contributed by atoms with Crippen molar-refractivity contribution in [3.05, 3.63) is 83.4 Å². The Morgan fingerprint density at radius 3 is 2.18 bits per heavy atom. The first kappa shape index (κ1) is 27.7. The number of nitrogens with zero attached hydrogens (tertiary/aromatic N) is 1. The molecule has 0 aliphatic carbocycles. The summed E-state index contributed by atoms with van der Waals surface area (Å²) in [5.74, 6) is 0.384. The summed E-state index contributed by atoms with van der Waals surface area (Å²) < 4.78 is 21.4. The van der Waals surface area contributed by atoms with E-state index in [1.165, 1.54) is 20.4 Å². The number of carbonyl (C=O) groups is 3. The fourth-order valence-corrected chi connectivity index (χ4v) is 3.14. The van der Waals surface area contributed by atoms with Crippen LogP contribution in [0.25, 0.3) is 0 Å². The van der Waals surface area contributed by atoms with E-state index in [0.29, 0.717) is 40.5 Å². The molecule has 0 heterocycles. The van der Waals surface area contributed by atoms with E-state index in [-0.39, 0.29) is 12.3 Å². The second-order valence-electron chi connectivity index (χ2n) is 7.88. The van der Waals surface area contributed by atoms with E-state index in [1.807, 2.05) is 6.92 Å². The van der Waals surface area contributed by atoms with Crippen molar-refractivity contribution in [3.63, 3.8) is 0 Å². The number of rotatable bonds is 12. The Morgan fingerprint density at radius 1 is 0.842 bits per heavy atom. The Hall–Kier alpha value is -4.86. The molecule has 0 bridgehead atoms. The van der Waals surface area contributed by atoms with Gasteiger partial charge < -0.3 is 24.3 Å². The number of hydrogen-bond donors (Lipinski definition) is 2. The first-order valence-corrected chi connectivity index (χ1v) is 11.8. The molecular weight excluding hydrogens is 490 g/mol. The van der Waals surface area contributed by atoms with Crippen LogP contribution in [0, 0.1) is 0 Å². The van der Waals surface area contributed by atoms with Crippen molar-refractivity contribution >= 4 is 24.0 Å². The molecule has 3 aromatic carbocycles. The van der Waals surface area contributed by atoms with Crippen molar-refractivity contribution < 1.29 is 33.3 Å². The zero-order valence-electron chi connectivity index (χ0n) is 21.4. The lowest BCUT2D eigenvalue weighted by atomic mass is 10.2. The SMILES string of the molecule is CCCOc1ccc(C(=O)Oc2ccc(/C=N\NC(=O)CNC(=O)c3ccc(OC)cc3)cc2OC)cc1. The number of benzene rings is 3. The van der Waals surface area contributed by atoms with Crippen molar-refractivity contribution in [1.82, 2.24) is 10.7 Å². The fraction of sp³-hybridized carbons (Fsp3) is 0.214. The molecule has 0 unspecified atom stereocenters. The average molecular weight is 520 g/mol. The Kier molecular flexibility index (Phi) is 10.2. The third-order valence-corrected chi connectivity index (χ3v) is 5.12. The van der Waals surface area contributed by atoms with Gasteiger partial charge in [-0.15, -0.1) is 0 Å². The van der Waals surface area contributed by atoms with Crippen LogP contribution in [0.4, 0.5) is 0 Å². The van der Waals surface area contributed by atoms with Crippen molar-refractivity contribution in [1.29, 1.82) is 0 Å². The van der Waals surface area contributed by atoms with E-state index in [1.54, 1.807) is 66.7 Å². The quantitative estimate of drug-likeness (QED) is 0.162. The number of hydrazone groups is 1. The highest BCUT2D eigenvalue weighted by atomic mass is 16.6. The molecule has 0 atom stereocenters. The van der Waals surface area contributed by atoms with Crippen LogP contribution in [0.1, 0.15) is 39.6 Å². The predicted molar refractivity (Wildman–Crippen MR) is 141 cm³/mol. The maximum absolute atomic E-state index is 12.5. The molecule has 10 heteroatoms. The van der Waals surface area contributed by atoms with Gasteiger partial charge in [0.2, 0.25) is 0 Å². The zero-order chi connectivity index (χ0) is 27.3.